The molecular weight excluding hydrogens is 895 g/mol. The standard InChI is InChI=1S/C71H51N3/c1-70(2)61-29-15-10-25-53(61)56-38-35-49(42-64(56)70)74(68-33-19-13-24-52(68)46-20-6-4-7-21-46)50-36-40-58-55-27-12-17-31-63(55)71(66(58)44-50)62-30-16-11-26-54(62)57-39-34-48(43-65(57)71)73(47-22-8-5-9-23-47)51-37-41-60-59-28-14-18-32-67(59)72(3)69(60)45-51/h4-45H,1-3H3. The molecular formula is C71H51N3. The fourth-order valence-corrected chi connectivity index (χ4v) is 13.5. The summed E-state index contributed by atoms with van der Waals surface area (Å²) in [5, 5.41) is 2.53. The molecule has 0 amide bonds. The van der Waals surface area contributed by atoms with Gasteiger partial charge in [-0.3, -0.25) is 0 Å². The Morgan fingerprint density at radius 3 is 1.38 bits per heavy atom. The normalized spacial score (nSPS) is 15.1. The number of nitrogens with zero attached hydrogens (tertiary/aromatic N) is 3. The van der Waals surface area contributed by atoms with Crippen molar-refractivity contribution in [1.82, 2.24) is 4.57 Å². The van der Waals surface area contributed by atoms with Crippen molar-refractivity contribution in [3.8, 4) is 44.5 Å². The van der Waals surface area contributed by atoms with Crippen LogP contribution < -0.4 is 9.80 Å². The summed E-state index contributed by atoms with van der Waals surface area (Å²) in [5.41, 5.74) is 26.4. The predicted octanol–water partition coefficient (Wildman–Crippen LogP) is 18.6. The Kier molecular flexibility index (Phi) is 9.14. The van der Waals surface area contributed by atoms with Gasteiger partial charge in [-0.2, -0.15) is 0 Å². The summed E-state index contributed by atoms with van der Waals surface area (Å²) in [6, 6.07) is 95.4. The van der Waals surface area contributed by atoms with Gasteiger partial charge in [0.05, 0.1) is 16.6 Å². The second-order valence-corrected chi connectivity index (χ2v) is 20.9. The molecule has 0 radical (unpaired) electrons. The van der Waals surface area contributed by atoms with Crippen molar-refractivity contribution in [1.29, 1.82) is 0 Å². The molecule has 3 aliphatic rings. The molecule has 0 bridgehead atoms. The molecule has 1 spiro atoms. The monoisotopic (exact) mass is 945 g/mol. The van der Waals surface area contributed by atoms with E-state index in [9.17, 15) is 0 Å². The van der Waals surface area contributed by atoms with Gasteiger partial charge >= 0.3 is 0 Å². The van der Waals surface area contributed by atoms with Crippen LogP contribution in [0.1, 0.15) is 47.2 Å². The number of benzene rings is 11. The van der Waals surface area contributed by atoms with Crippen molar-refractivity contribution in [2.75, 3.05) is 9.80 Å². The number of aromatic nitrogens is 1. The van der Waals surface area contributed by atoms with E-state index in [1.807, 2.05) is 0 Å². The summed E-state index contributed by atoms with van der Waals surface area (Å²) in [6.07, 6.45) is 0. The molecule has 350 valence electrons. The van der Waals surface area contributed by atoms with Gasteiger partial charge in [-0.25, -0.2) is 0 Å². The lowest BCUT2D eigenvalue weighted by Crippen LogP contribution is -2.26. The molecule has 0 saturated heterocycles. The van der Waals surface area contributed by atoms with Gasteiger partial charge in [0.25, 0.3) is 0 Å². The Morgan fingerprint density at radius 1 is 0.297 bits per heavy atom. The van der Waals surface area contributed by atoms with Gasteiger partial charge in [-0.15, -0.1) is 0 Å². The van der Waals surface area contributed by atoms with Crippen LogP contribution in [0.15, 0.2) is 255 Å². The summed E-state index contributed by atoms with van der Waals surface area (Å²) in [7, 11) is 2.19. The minimum Gasteiger partial charge on any atom is -0.344 e. The van der Waals surface area contributed by atoms with Crippen molar-refractivity contribution >= 4 is 55.9 Å². The second kappa shape index (κ2) is 15.9. The van der Waals surface area contributed by atoms with Crippen molar-refractivity contribution in [2.24, 2.45) is 7.05 Å². The van der Waals surface area contributed by atoms with Crippen LogP contribution in [-0.4, -0.2) is 4.57 Å². The van der Waals surface area contributed by atoms with Crippen LogP contribution >= 0.6 is 0 Å². The Labute approximate surface area is 432 Å². The first kappa shape index (κ1) is 42.5. The molecule has 15 rings (SSSR count). The Hall–Kier alpha value is -9.18. The van der Waals surface area contributed by atoms with E-state index in [1.54, 1.807) is 0 Å². The number of para-hydroxylation sites is 3. The highest BCUT2D eigenvalue weighted by Crippen LogP contribution is 2.64. The molecule has 3 aliphatic carbocycles. The van der Waals surface area contributed by atoms with E-state index < -0.39 is 5.41 Å². The molecule has 74 heavy (non-hydrogen) atoms. The van der Waals surface area contributed by atoms with Gasteiger partial charge < -0.3 is 14.4 Å². The summed E-state index contributed by atoms with van der Waals surface area (Å²) < 4.78 is 2.33. The summed E-state index contributed by atoms with van der Waals surface area (Å²) in [4.78, 5) is 4.97. The van der Waals surface area contributed by atoms with Crippen LogP contribution in [-0.2, 0) is 17.9 Å². The van der Waals surface area contributed by atoms with Gasteiger partial charge in [0, 0.05) is 62.8 Å². The highest BCUT2D eigenvalue weighted by molar-refractivity contribution is 6.09. The lowest BCUT2D eigenvalue weighted by atomic mass is 9.70. The fraction of sp³-hybridized carbons (Fsp3) is 0.0704. The van der Waals surface area contributed by atoms with E-state index in [-0.39, 0.29) is 5.41 Å². The molecule has 1 heterocycles. The van der Waals surface area contributed by atoms with Gasteiger partial charge in [0.1, 0.15) is 0 Å². The van der Waals surface area contributed by atoms with Crippen molar-refractivity contribution in [3.05, 3.63) is 288 Å². The summed E-state index contributed by atoms with van der Waals surface area (Å²) in [6.45, 7) is 4.76. The van der Waals surface area contributed by atoms with Crippen LogP contribution in [0.4, 0.5) is 34.1 Å². The predicted molar refractivity (Wildman–Crippen MR) is 309 cm³/mol. The average Bonchev–Trinajstić information content (AvgIpc) is 4.25. The van der Waals surface area contributed by atoms with Gasteiger partial charge in [0.15, 0.2) is 0 Å². The lowest BCUT2D eigenvalue weighted by Gasteiger charge is -2.34. The van der Waals surface area contributed by atoms with Gasteiger partial charge in [0.2, 0.25) is 0 Å². The van der Waals surface area contributed by atoms with E-state index in [0.717, 1.165) is 34.1 Å². The SMILES string of the molecule is Cn1c2ccccc2c2ccc(N(c3ccccc3)c3ccc4c(c3)C3(c5ccccc5-4)c4ccccc4-c4ccc(N(c5ccc6c(c5)C(C)(C)c5ccccc5-6)c5ccccc5-c5ccccc5)cc43)cc21. The molecule has 1 atom stereocenters. The molecule has 11 aromatic carbocycles. The first-order chi connectivity index (χ1) is 36.4. The van der Waals surface area contributed by atoms with Crippen LogP contribution in [0.25, 0.3) is 66.3 Å². The third kappa shape index (κ3) is 5.89. The minimum absolute atomic E-state index is 0.167. The molecule has 1 aromatic heterocycles. The van der Waals surface area contributed by atoms with Gasteiger partial charge in [-0.1, -0.05) is 196 Å². The summed E-state index contributed by atoms with van der Waals surface area (Å²) >= 11 is 0. The van der Waals surface area contributed by atoms with Crippen molar-refractivity contribution < 1.29 is 0 Å². The van der Waals surface area contributed by atoms with Crippen LogP contribution in [0.5, 0.6) is 0 Å². The fourth-order valence-electron chi connectivity index (χ4n) is 13.5. The summed E-state index contributed by atoms with van der Waals surface area (Å²) in [5.74, 6) is 0. The average molecular weight is 946 g/mol. The molecule has 12 aromatic rings. The molecule has 0 aliphatic heterocycles. The van der Waals surface area contributed by atoms with Crippen LogP contribution in [0.3, 0.4) is 0 Å². The van der Waals surface area contributed by atoms with Gasteiger partial charge in [-0.05, 0) is 145 Å². The molecule has 0 fully saturated rings. The van der Waals surface area contributed by atoms with E-state index >= 15 is 0 Å². The Morgan fingerprint density at radius 2 is 0.730 bits per heavy atom. The van der Waals surface area contributed by atoms with Crippen molar-refractivity contribution in [3.63, 3.8) is 0 Å². The zero-order valence-electron chi connectivity index (χ0n) is 41.6. The minimum atomic E-state index is -0.613. The largest absolute Gasteiger partial charge is 0.344 e. The quantitative estimate of drug-likeness (QED) is 0.158. The molecule has 3 heteroatoms. The van der Waals surface area contributed by atoms with E-state index in [0.29, 0.717) is 0 Å². The van der Waals surface area contributed by atoms with E-state index in [2.05, 4.69) is 290 Å². The van der Waals surface area contributed by atoms with E-state index in [4.69, 9.17) is 0 Å². The first-order valence-electron chi connectivity index (χ1n) is 25.9. The zero-order valence-corrected chi connectivity index (χ0v) is 41.6. The molecule has 3 nitrogen and oxygen atoms in total. The van der Waals surface area contributed by atoms with Crippen molar-refractivity contribution in [2.45, 2.75) is 24.7 Å². The lowest BCUT2D eigenvalue weighted by molar-refractivity contribution is 0.660. The highest BCUT2D eigenvalue weighted by atomic mass is 15.2. The molecule has 1 unspecified atom stereocenters. The number of hydrogen-bond acceptors (Lipinski definition) is 2. The highest BCUT2D eigenvalue weighted by Gasteiger charge is 2.52. The third-order valence-corrected chi connectivity index (χ3v) is 16.8. The maximum absolute atomic E-state index is 2.53. The number of anilines is 6. The van der Waals surface area contributed by atoms with Crippen LogP contribution in [0.2, 0.25) is 0 Å². The Bertz CT molecular complexity index is 4240. The second-order valence-electron chi connectivity index (χ2n) is 20.9. The maximum atomic E-state index is 2.53. The van der Waals surface area contributed by atoms with E-state index in [1.165, 1.54) is 99.7 Å². The molecule has 0 N–H and O–H groups in total. The number of hydrogen-bond donors (Lipinski definition) is 0. The smallest absolute Gasteiger partial charge is 0.0727 e. The molecule has 0 saturated carbocycles. The number of fused-ring (bicyclic) bond motifs is 16. The number of aryl methyl sites for hydroxylation is 1. The third-order valence-electron chi connectivity index (χ3n) is 16.8. The first-order valence-corrected chi connectivity index (χ1v) is 25.9. The zero-order chi connectivity index (χ0) is 49.3. The Balaban J connectivity index is 0.974. The maximum Gasteiger partial charge on any atom is 0.0727 e. The van der Waals surface area contributed by atoms with Crippen LogP contribution in [0, 0.1) is 0 Å². The number of rotatable bonds is 7. The topological polar surface area (TPSA) is 11.4 Å².